The van der Waals surface area contributed by atoms with Crippen LogP contribution in [0, 0.1) is 0 Å². The zero-order chi connectivity index (χ0) is 14.4. The first-order valence-electron chi connectivity index (χ1n) is 7.74. The van der Waals surface area contributed by atoms with Gasteiger partial charge in [0, 0.05) is 12.1 Å². The molecule has 2 aliphatic rings. The van der Waals surface area contributed by atoms with Gasteiger partial charge in [-0.05, 0) is 51.7 Å². The number of halogens is 1. The van der Waals surface area contributed by atoms with Crippen LogP contribution >= 0.6 is 12.4 Å². The number of piperidine rings is 1. The number of carbonyl (C=O) groups is 2. The third-order valence-corrected chi connectivity index (χ3v) is 3.85. The Morgan fingerprint density at radius 2 is 1.86 bits per heavy atom. The van der Waals surface area contributed by atoms with Gasteiger partial charge in [0.25, 0.3) is 0 Å². The lowest BCUT2D eigenvalue weighted by atomic mass is 10.0. The molecular formula is C14H27ClN4O2. The van der Waals surface area contributed by atoms with Crippen molar-refractivity contribution in [3.8, 4) is 0 Å². The van der Waals surface area contributed by atoms with Crippen molar-refractivity contribution in [2.24, 2.45) is 0 Å². The van der Waals surface area contributed by atoms with E-state index in [9.17, 15) is 9.59 Å². The lowest BCUT2D eigenvalue weighted by Gasteiger charge is -2.33. The molecule has 7 heteroatoms. The molecule has 21 heavy (non-hydrogen) atoms. The van der Waals surface area contributed by atoms with Gasteiger partial charge in [-0.15, -0.1) is 12.4 Å². The maximum absolute atomic E-state index is 12.0. The van der Waals surface area contributed by atoms with Gasteiger partial charge in [-0.25, -0.2) is 4.79 Å². The fraction of sp³-hybridized carbons (Fsp3) is 0.857. The van der Waals surface area contributed by atoms with Crippen molar-refractivity contribution in [1.29, 1.82) is 0 Å². The van der Waals surface area contributed by atoms with Gasteiger partial charge in [-0.1, -0.05) is 6.92 Å². The molecule has 1 aliphatic heterocycles. The van der Waals surface area contributed by atoms with E-state index in [1.54, 1.807) is 0 Å². The van der Waals surface area contributed by atoms with Crippen LogP contribution in [-0.2, 0) is 4.79 Å². The Hall–Kier alpha value is -0.850. The minimum Gasteiger partial charge on any atom is -0.335 e. The highest BCUT2D eigenvalue weighted by Gasteiger charge is 2.25. The number of urea groups is 1. The van der Waals surface area contributed by atoms with Gasteiger partial charge >= 0.3 is 6.03 Å². The summed E-state index contributed by atoms with van der Waals surface area (Å²) in [5, 5.41) is 8.54. The smallest absolute Gasteiger partial charge is 0.321 e. The molecule has 2 rings (SSSR count). The average molecular weight is 319 g/mol. The quantitative estimate of drug-likeness (QED) is 0.679. The molecule has 1 aliphatic carbocycles. The maximum atomic E-state index is 12.0. The minimum absolute atomic E-state index is 0. The number of carbonyl (C=O) groups excluding carboxylic acids is 2. The highest BCUT2D eigenvalue weighted by atomic mass is 35.5. The van der Waals surface area contributed by atoms with E-state index in [2.05, 4.69) is 27.8 Å². The Balaban J connectivity index is 0.00000220. The van der Waals surface area contributed by atoms with Crippen molar-refractivity contribution in [1.82, 2.24) is 20.9 Å². The van der Waals surface area contributed by atoms with Crippen LogP contribution < -0.4 is 16.0 Å². The van der Waals surface area contributed by atoms with E-state index >= 15 is 0 Å². The molecule has 0 aromatic heterocycles. The van der Waals surface area contributed by atoms with Crippen molar-refractivity contribution in [2.45, 2.75) is 51.1 Å². The number of nitrogens with zero attached hydrogens (tertiary/aromatic N) is 1. The number of nitrogens with one attached hydrogen (secondary N) is 3. The summed E-state index contributed by atoms with van der Waals surface area (Å²) in [6.07, 6.45) is 5.21. The summed E-state index contributed by atoms with van der Waals surface area (Å²) in [6, 6.07) is 0.381. The lowest BCUT2D eigenvalue weighted by molar-refractivity contribution is -0.121. The van der Waals surface area contributed by atoms with Gasteiger partial charge in [0.15, 0.2) is 0 Å². The lowest BCUT2D eigenvalue weighted by Crippen LogP contribution is -2.50. The van der Waals surface area contributed by atoms with Gasteiger partial charge in [-0.2, -0.15) is 0 Å². The largest absolute Gasteiger partial charge is 0.335 e. The molecule has 0 bridgehead atoms. The summed E-state index contributed by atoms with van der Waals surface area (Å²) in [6.45, 7) is 5.36. The molecule has 6 nitrogen and oxygen atoms in total. The fourth-order valence-electron chi connectivity index (χ4n) is 2.65. The van der Waals surface area contributed by atoms with Crippen LogP contribution in [0.2, 0.25) is 0 Å². The van der Waals surface area contributed by atoms with Crippen molar-refractivity contribution in [3.05, 3.63) is 0 Å². The SMILES string of the molecule is CCCN(CC(=O)NC(=O)NC1CC1)C1CCNCC1.Cl. The number of hydrogen-bond donors (Lipinski definition) is 3. The molecule has 1 saturated carbocycles. The number of rotatable bonds is 6. The summed E-state index contributed by atoms with van der Waals surface area (Å²) in [7, 11) is 0. The molecule has 0 radical (unpaired) electrons. The van der Waals surface area contributed by atoms with Crippen LogP contribution in [0.4, 0.5) is 4.79 Å². The van der Waals surface area contributed by atoms with E-state index in [0.29, 0.717) is 12.6 Å². The second kappa shape index (κ2) is 9.23. The van der Waals surface area contributed by atoms with Gasteiger partial charge in [0.05, 0.1) is 6.54 Å². The van der Waals surface area contributed by atoms with Gasteiger partial charge < -0.3 is 10.6 Å². The Bertz CT molecular complexity index is 344. The van der Waals surface area contributed by atoms with Crippen molar-refractivity contribution in [2.75, 3.05) is 26.2 Å². The van der Waals surface area contributed by atoms with Gasteiger partial charge in [0.1, 0.15) is 0 Å². The Labute approximate surface area is 132 Å². The maximum Gasteiger partial charge on any atom is 0.321 e. The van der Waals surface area contributed by atoms with Crippen LogP contribution in [0.15, 0.2) is 0 Å². The van der Waals surface area contributed by atoms with Crippen LogP contribution in [-0.4, -0.2) is 55.1 Å². The summed E-state index contributed by atoms with van der Waals surface area (Å²) in [5.74, 6) is -0.199. The summed E-state index contributed by atoms with van der Waals surface area (Å²) < 4.78 is 0. The van der Waals surface area contributed by atoms with Crippen LogP contribution in [0.5, 0.6) is 0 Å². The van der Waals surface area contributed by atoms with Crippen molar-refractivity contribution >= 4 is 24.3 Å². The van der Waals surface area contributed by atoms with E-state index in [1.807, 2.05) is 0 Å². The van der Waals surface area contributed by atoms with E-state index < -0.39 is 0 Å². The minimum atomic E-state index is -0.348. The third-order valence-electron chi connectivity index (χ3n) is 3.85. The Kier molecular flexibility index (Phi) is 8.00. The number of hydrogen-bond acceptors (Lipinski definition) is 4. The molecule has 1 saturated heterocycles. The van der Waals surface area contributed by atoms with E-state index in [0.717, 1.165) is 51.7 Å². The second-order valence-electron chi connectivity index (χ2n) is 5.75. The third kappa shape index (κ3) is 6.63. The molecule has 0 spiro atoms. The number of amides is 3. The van der Waals surface area contributed by atoms with Gasteiger partial charge in [-0.3, -0.25) is 15.0 Å². The van der Waals surface area contributed by atoms with Crippen molar-refractivity contribution < 1.29 is 9.59 Å². The number of imide groups is 1. The first kappa shape index (κ1) is 18.2. The molecule has 2 fully saturated rings. The van der Waals surface area contributed by atoms with Gasteiger partial charge in [0.2, 0.25) is 5.91 Å². The summed E-state index contributed by atoms with van der Waals surface area (Å²) in [5.41, 5.74) is 0. The van der Waals surface area contributed by atoms with E-state index in [1.165, 1.54) is 0 Å². The molecule has 1 heterocycles. The van der Waals surface area contributed by atoms with Crippen LogP contribution in [0.25, 0.3) is 0 Å². The van der Waals surface area contributed by atoms with E-state index in [4.69, 9.17) is 0 Å². The first-order valence-corrected chi connectivity index (χ1v) is 7.74. The zero-order valence-electron chi connectivity index (χ0n) is 12.7. The molecule has 0 unspecified atom stereocenters. The standard InChI is InChI=1S/C14H26N4O2.ClH/c1-2-9-18(12-5-7-15-8-6-12)10-13(19)17-14(20)16-11-3-4-11;/h11-12,15H,2-10H2,1H3,(H2,16,17,19,20);1H. The first-order chi connectivity index (χ1) is 9.69. The van der Waals surface area contributed by atoms with Crippen LogP contribution in [0.3, 0.4) is 0 Å². The highest BCUT2D eigenvalue weighted by Crippen LogP contribution is 2.18. The fourth-order valence-corrected chi connectivity index (χ4v) is 2.65. The summed E-state index contributed by atoms with van der Waals surface area (Å²) >= 11 is 0. The molecule has 3 N–H and O–H groups in total. The monoisotopic (exact) mass is 318 g/mol. The normalized spacial score (nSPS) is 19.0. The average Bonchev–Trinajstić information content (AvgIpc) is 3.23. The topological polar surface area (TPSA) is 73.5 Å². The molecule has 122 valence electrons. The zero-order valence-corrected chi connectivity index (χ0v) is 13.5. The Morgan fingerprint density at radius 1 is 1.19 bits per heavy atom. The van der Waals surface area contributed by atoms with Crippen molar-refractivity contribution in [3.63, 3.8) is 0 Å². The molecule has 3 amide bonds. The predicted molar refractivity (Wildman–Crippen MR) is 84.7 cm³/mol. The predicted octanol–water partition coefficient (Wildman–Crippen LogP) is 0.860. The molecule has 0 aromatic rings. The van der Waals surface area contributed by atoms with Crippen LogP contribution in [0.1, 0.15) is 39.0 Å². The molecule has 0 aromatic carbocycles. The highest BCUT2D eigenvalue weighted by molar-refractivity contribution is 5.95. The molecular weight excluding hydrogens is 292 g/mol. The van der Waals surface area contributed by atoms with E-state index in [-0.39, 0.29) is 30.4 Å². The molecule has 0 atom stereocenters. The summed E-state index contributed by atoms with van der Waals surface area (Å²) in [4.78, 5) is 25.7. The second-order valence-corrected chi connectivity index (χ2v) is 5.75. The Morgan fingerprint density at radius 3 is 2.43 bits per heavy atom.